The zero-order valence-corrected chi connectivity index (χ0v) is 24.5. The van der Waals surface area contributed by atoms with E-state index in [1.54, 1.807) is 36.1 Å². The van der Waals surface area contributed by atoms with Crippen molar-refractivity contribution in [3.63, 3.8) is 0 Å². The van der Waals surface area contributed by atoms with E-state index in [1.165, 1.54) is 24.3 Å². The summed E-state index contributed by atoms with van der Waals surface area (Å²) >= 11 is 0. The summed E-state index contributed by atoms with van der Waals surface area (Å²) in [5, 5.41) is 13.2. The van der Waals surface area contributed by atoms with Gasteiger partial charge in [-0.3, -0.25) is 4.79 Å². The van der Waals surface area contributed by atoms with Gasteiger partial charge in [-0.1, -0.05) is 127 Å². The summed E-state index contributed by atoms with van der Waals surface area (Å²) < 4.78 is 29.3. The van der Waals surface area contributed by atoms with Gasteiger partial charge in [0.15, 0.2) is 0 Å². The minimum absolute atomic E-state index is 0.0584. The van der Waals surface area contributed by atoms with Crippen molar-refractivity contribution in [3.05, 3.63) is 157 Å². The molecule has 0 atom stereocenters. The smallest absolute Gasteiger partial charge is 0.338 e. The summed E-state index contributed by atoms with van der Waals surface area (Å²) in [5.41, 5.74) is -0.656. The minimum atomic E-state index is -4.38. The lowest BCUT2D eigenvalue weighted by atomic mass is 10.1. The van der Waals surface area contributed by atoms with Crippen molar-refractivity contribution in [3.8, 4) is 0 Å². The number of fused-ring (bicyclic) bond motifs is 1. The molecule has 5 aromatic carbocycles. The van der Waals surface area contributed by atoms with E-state index in [-0.39, 0.29) is 21.4 Å². The van der Waals surface area contributed by atoms with Gasteiger partial charge in [-0.05, 0) is 46.8 Å². The number of benzene rings is 5. The minimum Gasteiger partial charge on any atom is -0.478 e. The van der Waals surface area contributed by atoms with Crippen LogP contribution in [0.5, 0.6) is 0 Å². The Morgan fingerprint density at radius 2 is 1.02 bits per heavy atom. The van der Waals surface area contributed by atoms with Crippen molar-refractivity contribution in [2.75, 3.05) is 0 Å². The number of nitrogens with zero attached hydrogens (tertiary/aromatic N) is 1. The molecule has 0 saturated heterocycles. The van der Waals surface area contributed by atoms with Gasteiger partial charge < -0.3 is 5.11 Å². The van der Waals surface area contributed by atoms with Gasteiger partial charge in [-0.15, -0.1) is 0 Å². The predicted molar refractivity (Wildman–Crippen MR) is 173 cm³/mol. The maximum Gasteiger partial charge on any atom is 0.338 e. The zero-order chi connectivity index (χ0) is 30.0. The Morgan fingerprint density at radius 3 is 1.49 bits per heavy atom. The monoisotopic (exact) mass is 603 g/mol. The number of ketones is 1. The van der Waals surface area contributed by atoms with E-state index >= 15 is 0 Å². The number of carbonyl (C=O) groups excluding carboxylic acids is 1. The third-order valence-electron chi connectivity index (χ3n) is 7.36. The molecule has 0 fully saturated rings. The summed E-state index contributed by atoms with van der Waals surface area (Å²) in [5.74, 6) is -0.527. The number of para-hydroxylation sites is 1. The molecule has 6 aromatic rings. The third-order valence-corrected chi connectivity index (χ3v) is 13.0. The van der Waals surface area contributed by atoms with Crippen LogP contribution in [-0.4, -0.2) is 35.0 Å². The molecule has 0 amide bonds. The van der Waals surface area contributed by atoms with Gasteiger partial charge in [0.25, 0.3) is 10.0 Å². The van der Waals surface area contributed by atoms with Crippen LogP contribution in [0.1, 0.15) is 20.8 Å². The van der Waals surface area contributed by atoms with Gasteiger partial charge in [0.2, 0.25) is 5.78 Å². The zero-order valence-electron chi connectivity index (χ0n) is 22.8. The highest BCUT2D eigenvalue weighted by atomic mass is 32.2. The van der Waals surface area contributed by atoms with Gasteiger partial charge in [0.05, 0.1) is 16.0 Å². The molecule has 212 valence electrons. The molecule has 1 heterocycles. The first kappa shape index (κ1) is 28.2. The first-order chi connectivity index (χ1) is 20.9. The van der Waals surface area contributed by atoms with Crippen LogP contribution in [0.15, 0.2) is 150 Å². The predicted octanol–water partition coefficient (Wildman–Crippen LogP) is 5.56. The number of aromatic nitrogens is 1. The number of carboxylic acid groups (broad SMARTS) is 1. The van der Waals surface area contributed by atoms with E-state index in [2.05, 4.69) is 0 Å². The number of rotatable bonds is 8. The van der Waals surface area contributed by atoms with Crippen LogP contribution in [0.2, 0.25) is 0 Å². The molecular formula is C35H26NO5PS. The van der Waals surface area contributed by atoms with Crippen LogP contribution < -0.4 is 15.9 Å². The highest BCUT2D eigenvalue weighted by Crippen LogP contribution is 2.44. The molecule has 6 nitrogen and oxygen atoms in total. The number of aromatic carboxylic acids is 1. The molecular weight excluding hydrogens is 577 g/mol. The summed E-state index contributed by atoms with van der Waals surface area (Å²) in [6, 6.07) is 42.8. The van der Waals surface area contributed by atoms with Crippen molar-refractivity contribution in [1.29, 1.82) is 0 Å². The molecule has 0 bridgehead atoms. The van der Waals surface area contributed by atoms with E-state index in [9.17, 15) is 23.1 Å². The number of hydrogen-bond donors (Lipinski definition) is 1. The molecule has 1 aromatic heterocycles. The Labute approximate surface area is 249 Å². The molecule has 0 aliphatic carbocycles. The van der Waals surface area contributed by atoms with Crippen molar-refractivity contribution in [1.82, 2.24) is 3.97 Å². The van der Waals surface area contributed by atoms with Crippen LogP contribution in [0.3, 0.4) is 0 Å². The fraction of sp³-hybridized carbons (Fsp3) is 0. The molecule has 0 aliphatic heterocycles. The molecule has 0 unspecified atom stereocenters. The van der Waals surface area contributed by atoms with E-state index in [1.807, 2.05) is 91.0 Å². The average molecular weight is 604 g/mol. The lowest BCUT2D eigenvalue weighted by molar-refractivity contribution is 0.0695. The van der Waals surface area contributed by atoms with E-state index in [4.69, 9.17) is 0 Å². The number of carbonyl (C=O) groups is 2. The second-order valence-electron chi connectivity index (χ2n) is 9.85. The Kier molecular flexibility index (Phi) is 7.45. The van der Waals surface area contributed by atoms with E-state index in [0.29, 0.717) is 0 Å². The van der Waals surface area contributed by atoms with Crippen molar-refractivity contribution in [2.45, 2.75) is 4.90 Å². The standard InChI is InChI=1S/C35H26NO5PS/c37-32(25-42(26-15-5-1-6-16-26,27-17-7-2-8-18-27)28-19-9-3-10-20-28)34-33(35(38)39)30-23-13-14-24-31(30)36(34)43(40,41)29-21-11-4-12-22-29/h1-25H,(H,38,39). The van der Waals surface area contributed by atoms with Crippen LogP contribution in [0.25, 0.3) is 10.9 Å². The second kappa shape index (κ2) is 11.4. The Bertz CT molecular complexity index is 2020. The summed E-state index contributed by atoms with van der Waals surface area (Å²) in [7, 11) is -4.38. The van der Waals surface area contributed by atoms with Crippen molar-refractivity contribution >= 4 is 61.3 Å². The lowest BCUT2D eigenvalue weighted by Crippen LogP contribution is -2.30. The Morgan fingerprint density at radius 1 is 0.605 bits per heavy atom. The first-order valence-electron chi connectivity index (χ1n) is 13.5. The maximum atomic E-state index is 14.8. The summed E-state index contributed by atoms with van der Waals surface area (Å²) in [6.07, 6.45) is 0. The first-order valence-corrected chi connectivity index (χ1v) is 16.8. The third kappa shape index (κ3) is 4.83. The molecule has 6 rings (SSSR count). The lowest BCUT2D eigenvalue weighted by Gasteiger charge is -2.28. The molecule has 0 saturated carbocycles. The highest BCUT2D eigenvalue weighted by molar-refractivity contribution is 7.95. The fourth-order valence-electron chi connectivity index (χ4n) is 5.50. The topological polar surface area (TPSA) is 93.4 Å². The SMILES string of the molecule is O=C(O)c1c(C(=O)C=P(c2ccccc2)(c2ccccc2)c2ccccc2)n(S(=O)(=O)c2ccccc2)c2ccccc12. The number of Topliss-reactive ketones (excluding diaryl/α,β-unsaturated/α-hetero) is 1. The largest absolute Gasteiger partial charge is 0.478 e. The molecule has 0 aliphatic rings. The van der Waals surface area contributed by atoms with Gasteiger partial charge >= 0.3 is 5.97 Å². The van der Waals surface area contributed by atoms with Crippen molar-refractivity contribution < 1.29 is 23.1 Å². The molecule has 0 spiro atoms. The highest BCUT2D eigenvalue weighted by Gasteiger charge is 2.35. The summed E-state index contributed by atoms with van der Waals surface area (Å²) in [4.78, 5) is 27.6. The molecule has 0 radical (unpaired) electrons. The Balaban J connectivity index is 1.77. The van der Waals surface area contributed by atoms with Crippen LogP contribution in [-0.2, 0) is 10.0 Å². The fourth-order valence-corrected chi connectivity index (χ4v) is 10.8. The van der Waals surface area contributed by atoms with Crippen LogP contribution in [0, 0.1) is 0 Å². The number of hydrogen-bond acceptors (Lipinski definition) is 4. The Hall–Kier alpha value is -4.97. The quantitative estimate of drug-likeness (QED) is 0.182. The van der Waals surface area contributed by atoms with Gasteiger partial charge in [0.1, 0.15) is 5.69 Å². The molecule has 43 heavy (non-hydrogen) atoms. The van der Waals surface area contributed by atoms with Gasteiger partial charge in [-0.2, -0.15) is 0 Å². The van der Waals surface area contributed by atoms with Crippen LogP contribution >= 0.6 is 6.89 Å². The molecule has 1 N–H and O–H groups in total. The average Bonchev–Trinajstić information content (AvgIpc) is 3.42. The maximum absolute atomic E-state index is 14.8. The molecule has 8 heteroatoms. The van der Waals surface area contributed by atoms with E-state index in [0.717, 1.165) is 19.9 Å². The second-order valence-corrected chi connectivity index (χ2v) is 14.9. The van der Waals surface area contributed by atoms with Gasteiger partial charge in [-0.25, -0.2) is 17.2 Å². The van der Waals surface area contributed by atoms with Crippen molar-refractivity contribution in [2.24, 2.45) is 0 Å². The van der Waals surface area contributed by atoms with Gasteiger partial charge in [0, 0.05) is 5.39 Å². The van der Waals surface area contributed by atoms with Crippen LogP contribution in [0.4, 0.5) is 0 Å². The normalized spacial score (nSPS) is 11.7. The number of carboxylic acids is 1. The summed E-state index contributed by atoms with van der Waals surface area (Å²) in [6.45, 7) is -2.89. The van der Waals surface area contributed by atoms with E-state index < -0.39 is 34.4 Å².